The summed E-state index contributed by atoms with van der Waals surface area (Å²) in [4.78, 5) is 26.4. The van der Waals surface area contributed by atoms with Gasteiger partial charge in [0.15, 0.2) is 0 Å². The Kier molecular flexibility index (Phi) is 5.85. The molecule has 0 spiro atoms. The molecule has 1 aliphatic heterocycles. The first-order valence-corrected chi connectivity index (χ1v) is 8.68. The van der Waals surface area contributed by atoms with Crippen LogP contribution in [-0.4, -0.2) is 47.4 Å². The van der Waals surface area contributed by atoms with E-state index < -0.39 is 0 Å². The van der Waals surface area contributed by atoms with E-state index in [0.717, 1.165) is 24.6 Å². The first-order chi connectivity index (χ1) is 10.5. The Morgan fingerprint density at radius 3 is 2.59 bits per heavy atom. The fourth-order valence-corrected chi connectivity index (χ4v) is 3.08. The summed E-state index contributed by atoms with van der Waals surface area (Å²) in [5.74, 6) is 1.58. The minimum absolute atomic E-state index is 0.0247. The Balaban J connectivity index is 2.06. The van der Waals surface area contributed by atoms with Gasteiger partial charge in [-0.1, -0.05) is 13.0 Å². The molecule has 2 atom stereocenters. The quantitative estimate of drug-likeness (QED) is 0.886. The zero-order valence-electron chi connectivity index (χ0n) is 13.0. The van der Waals surface area contributed by atoms with Gasteiger partial charge < -0.3 is 16.0 Å². The number of carbonyl (C=O) groups excluding carboxylic acids is 2. The highest BCUT2D eigenvalue weighted by atomic mass is 32.2. The number of thioether (sulfide) groups is 1. The van der Waals surface area contributed by atoms with E-state index in [1.807, 2.05) is 16.7 Å². The Morgan fingerprint density at radius 1 is 1.27 bits per heavy atom. The maximum atomic E-state index is 12.5. The minimum Gasteiger partial charge on any atom is -0.337 e. The van der Waals surface area contributed by atoms with Crippen LogP contribution < -0.4 is 11.1 Å². The summed E-state index contributed by atoms with van der Waals surface area (Å²) < 4.78 is 0. The topological polar surface area (TPSA) is 75.4 Å². The van der Waals surface area contributed by atoms with E-state index in [1.165, 1.54) is 0 Å². The van der Waals surface area contributed by atoms with E-state index >= 15 is 0 Å². The molecule has 2 amide bonds. The van der Waals surface area contributed by atoms with Gasteiger partial charge in [-0.15, -0.1) is 0 Å². The molecule has 0 saturated carbocycles. The van der Waals surface area contributed by atoms with Crippen molar-refractivity contribution in [3.63, 3.8) is 0 Å². The number of carbonyl (C=O) groups is 2. The van der Waals surface area contributed by atoms with Crippen molar-refractivity contribution < 1.29 is 9.59 Å². The van der Waals surface area contributed by atoms with E-state index in [1.54, 1.807) is 38.1 Å². The molecular formula is C16H23N3O2S. The van der Waals surface area contributed by atoms with E-state index in [4.69, 9.17) is 5.73 Å². The van der Waals surface area contributed by atoms with Crippen molar-refractivity contribution in [1.29, 1.82) is 0 Å². The summed E-state index contributed by atoms with van der Waals surface area (Å²) in [6, 6.07) is 6.88. The number of nitrogens with two attached hydrogens (primary N) is 1. The van der Waals surface area contributed by atoms with Gasteiger partial charge in [-0.2, -0.15) is 11.8 Å². The molecule has 1 aliphatic rings. The lowest BCUT2D eigenvalue weighted by Gasteiger charge is -2.26. The fraction of sp³-hybridized carbons (Fsp3) is 0.500. The highest BCUT2D eigenvalue weighted by molar-refractivity contribution is 7.99. The standard InChI is InChI=1S/C16H23N3O2S/c1-11(12(2)17)15(20)18-14-5-3-4-13(10-14)16(21)19-6-8-22-9-7-19/h3-5,10-12H,6-9,17H2,1-2H3,(H,18,20). The predicted octanol–water partition coefficient (Wildman–Crippen LogP) is 1.80. The van der Waals surface area contributed by atoms with E-state index in [0.29, 0.717) is 11.3 Å². The summed E-state index contributed by atoms with van der Waals surface area (Å²) in [6.45, 7) is 5.16. The van der Waals surface area contributed by atoms with E-state index in [-0.39, 0.29) is 23.8 Å². The number of amides is 2. The van der Waals surface area contributed by atoms with Crippen LogP contribution in [0.15, 0.2) is 24.3 Å². The monoisotopic (exact) mass is 321 g/mol. The SMILES string of the molecule is CC(N)C(C)C(=O)Nc1cccc(C(=O)N2CCSCC2)c1. The van der Waals surface area contributed by atoms with E-state index in [2.05, 4.69) is 5.32 Å². The van der Waals surface area contributed by atoms with Crippen molar-refractivity contribution in [3.05, 3.63) is 29.8 Å². The summed E-state index contributed by atoms with van der Waals surface area (Å²) in [5, 5.41) is 2.83. The van der Waals surface area contributed by atoms with Gasteiger partial charge in [-0.25, -0.2) is 0 Å². The molecule has 2 unspecified atom stereocenters. The molecule has 120 valence electrons. The zero-order chi connectivity index (χ0) is 16.1. The van der Waals surface area contributed by atoms with Gasteiger partial charge in [0, 0.05) is 41.9 Å². The number of rotatable bonds is 4. The number of benzene rings is 1. The molecule has 0 bridgehead atoms. The van der Waals surface area contributed by atoms with Crippen molar-refractivity contribution in [3.8, 4) is 0 Å². The third kappa shape index (κ3) is 4.24. The van der Waals surface area contributed by atoms with Crippen molar-refractivity contribution >= 4 is 29.3 Å². The second-order valence-corrected chi connectivity index (χ2v) is 6.85. The Bertz CT molecular complexity index is 542. The van der Waals surface area contributed by atoms with Gasteiger partial charge in [0.2, 0.25) is 5.91 Å². The van der Waals surface area contributed by atoms with Gasteiger partial charge in [-0.3, -0.25) is 9.59 Å². The van der Waals surface area contributed by atoms with Crippen LogP contribution in [0.3, 0.4) is 0 Å². The minimum atomic E-state index is -0.279. The molecule has 22 heavy (non-hydrogen) atoms. The number of hydrogen-bond acceptors (Lipinski definition) is 4. The molecule has 3 N–H and O–H groups in total. The third-order valence-corrected chi connectivity index (χ3v) is 4.82. The van der Waals surface area contributed by atoms with Gasteiger partial charge in [0.25, 0.3) is 5.91 Å². The highest BCUT2D eigenvalue weighted by Gasteiger charge is 2.20. The van der Waals surface area contributed by atoms with Gasteiger partial charge in [-0.05, 0) is 25.1 Å². The second-order valence-electron chi connectivity index (χ2n) is 5.62. The molecule has 0 aliphatic carbocycles. The molecule has 0 aromatic heterocycles. The van der Waals surface area contributed by atoms with Crippen molar-refractivity contribution in [1.82, 2.24) is 4.90 Å². The van der Waals surface area contributed by atoms with Crippen LogP contribution in [0.25, 0.3) is 0 Å². The zero-order valence-corrected chi connectivity index (χ0v) is 13.9. The van der Waals surface area contributed by atoms with Crippen molar-refractivity contribution in [2.24, 2.45) is 11.7 Å². The lowest BCUT2D eigenvalue weighted by Crippen LogP contribution is -2.38. The van der Waals surface area contributed by atoms with Crippen LogP contribution in [0.1, 0.15) is 24.2 Å². The number of anilines is 1. The molecule has 0 radical (unpaired) electrons. The van der Waals surface area contributed by atoms with Crippen molar-refractivity contribution in [2.75, 3.05) is 29.9 Å². The Hall–Kier alpha value is -1.53. The molecule has 1 fully saturated rings. The van der Waals surface area contributed by atoms with Crippen LogP contribution in [-0.2, 0) is 4.79 Å². The Labute approximate surface area is 135 Å². The predicted molar refractivity (Wildman–Crippen MR) is 91.1 cm³/mol. The van der Waals surface area contributed by atoms with Crippen molar-refractivity contribution in [2.45, 2.75) is 19.9 Å². The largest absolute Gasteiger partial charge is 0.337 e. The molecule has 1 aromatic carbocycles. The van der Waals surface area contributed by atoms with Crippen LogP contribution in [0.2, 0.25) is 0 Å². The Morgan fingerprint density at radius 2 is 1.95 bits per heavy atom. The summed E-state index contributed by atoms with van der Waals surface area (Å²) in [7, 11) is 0. The fourth-order valence-electron chi connectivity index (χ4n) is 2.17. The average Bonchev–Trinajstić information content (AvgIpc) is 2.54. The maximum absolute atomic E-state index is 12.5. The van der Waals surface area contributed by atoms with Gasteiger partial charge in [0.05, 0.1) is 5.92 Å². The maximum Gasteiger partial charge on any atom is 0.253 e. The molecule has 1 saturated heterocycles. The van der Waals surface area contributed by atoms with Crippen LogP contribution in [0, 0.1) is 5.92 Å². The van der Waals surface area contributed by atoms with Crippen LogP contribution in [0.5, 0.6) is 0 Å². The van der Waals surface area contributed by atoms with E-state index in [9.17, 15) is 9.59 Å². The number of nitrogens with zero attached hydrogens (tertiary/aromatic N) is 1. The second kappa shape index (κ2) is 7.65. The third-order valence-electron chi connectivity index (χ3n) is 3.88. The van der Waals surface area contributed by atoms with Gasteiger partial charge >= 0.3 is 0 Å². The smallest absolute Gasteiger partial charge is 0.253 e. The van der Waals surface area contributed by atoms with Gasteiger partial charge in [0.1, 0.15) is 0 Å². The molecule has 1 aromatic rings. The lowest BCUT2D eigenvalue weighted by atomic mass is 10.0. The summed E-state index contributed by atoms with van der Waals surface area (Å²) >= 11 is 1.87. The average molecular weight is 321 g/mol. The lowest BCUT2D eigenvalue weighted by molar-refractivity contribution is -0.119. The molecule has 6 heteroatoms. The first-order valence-electron chi connectivity index (χ1n) is 7.52. The van der Waals surface area contributed by atoms with Crippen LogP contribution >= 0.6 is 11.8 Å². The molecule has 5 nitrogen and oxygen atoms in total. The number of hydrogen-bond donors (Lipinski definition) is 2. The van der Waals surface area contributed by atoms with Crippen LogP contribution in [0.4, 0.5) is 5.69 Å². The first kappa shape index (κ1) is 16.8. The molecular weight excluding hydrogens is 298 g/mol. The summed E-state index contributed by atoms with van der Waals surface area (Å²) in [6.07, 6.45) is 0. The summed E-state index contributed by atoms with van der Waals surface area (Å²) in [5.41, 5.74) is 6.99. The number of nitrogens with one attached hydrogen (secondary N) is 1. The molecule has 1 heterocycles. The highest BCUT2D eigenvalue weighted by Crippen LogP contribution is 2.17. The molecule has 2 rings (SSSR count). The normalized spacial score (nSPS) is 17.7.